The minimum Gasteiger partial charge on any atom is -0.468 e. The molecule has 0 amide bonds. The number of ether oxygens (including phenoxy) is 1. The third kappa shape index (κ3) is 4.84. The summed E-state index contributed by atoms with van der Waals surface area (Å²) in [5.74, 6) is -0.118. The van der Waals surface area contributed by atoms with E-state index < -0.39 is 5.54 Å². The summed E-state index contributed by atoms with van der Waals surface area (Å²) in [6, 6.07) is 6.48. The molecular formula is C14H20FNO2S. The van der Waals surface area contributed by atoms with E-state index in [4.69, 9.17) is 4.74 Å². The van der Waals surface area contributed by atoms with Gasteiger partial charge in [0.15, 0.2) is 0 Å². The van der Waals surface area contributed by atoms with Crippen molar-refractivity contribution in [3.8, 4) is 0 Å². The molecule has 0 fully saturated rings. The molecule has 1 atom stereocenters. The molecule has 3 nitrogen and oxygen atoms in total. The SMILES string of the molecule is COC(=O)C(C)(CSc1cccc(F)c1)NC(C)C. The first-order valence-corrected chi connectivity index (χ1v) is 7.10. The van der Waals surface area contributed by atoms with Crippen LogP contribution in [0.1, 0.15) is 20.8 Å². The lowest BCUT2D eigenvalue weighted by atomic mass is 10.0. The van der Waals surface area contributed by atoms with Gasteiger partial charge in [0.1, 0.15) is 11.4 Å². The molecular weight excluding hydrogens is 265 g/mol. The zero-order valence-electron chi connectivity index (χ0n) is 11.7. The van der Waals surface area contributed by atoms with Gasteiger partial charge in [-0.05, 0) is 39.0 Å². The number of benzene rings is 1. The van der Waals surface area contributed by atoms with Crippen LogP contribution in [0, 0.1) is 5.82 Å². The van der Waals surface area contributed by atoms with E-state index in [-0.39, 0.29) is 17.8 Å². The minimum absolute atomic E-state index is 0.150. The molecule has 0 saturated carbocycles. The number of hydrogen-bond acceptors (Lipinski definition) is 4. The van der Waals surface area contributed by atoms with Crippen molar-refractivity contribution in [3.05, 3.63) is 30.1 Å². The Hall–Kier alpha value is -1.07. The molecule has 1 aromatic rings. The molecule has 1 N–H and O–H groups in total. The highest BCUT2D eigenvalue weighted by molar-refractivity contribution is 7.99. The van der Waals surface area contributed by atoms with E-state index in [1.165, 1.54) is 31.0 Å². The second kappa shape index (κ2) is 6.91. The van der Waals surface area contributed by atoms with Gasteiger partial charge in [-0.2, -0.15) is 0 Å². The van der Waals surface area contributed by atoms with Gasteiger partial charge in [-0.1, -0.05) is 6.07 Å². The van der Waals surface area contributed by atoms with Crippen molar-refractivity contribution in [2.45, 2.75) is 37.2 Å². The Morgan fingerprint density at radius 3 is 2.74 bits per heavy atom. The fraction of sp³-hybridized carbons (Fsp3) is 0.500. The van der Waals surface area contributed by atoms with Crippen LogP contribution < -0.4 is 5.32 Å². The molecule has 0 bridgehead atoms. The predicted octanol–water partition coefficient (Wildman–Crippen LogP) is 2.85. The van der Waals surface area contributed by atoms with Crippen molar-refractivity contribution in [2.24, 2.45) is 0 Å². The van der Waals surface area contributed by atoms with Crippen LogP contribution >= 0.6 is 11.8 Å². The molecule has 0 spiro atoms. The largest absolute Gasteiger partial charge is 0.468 e. The molecule has 0 aliphatic rings. The Balaban J connectivity index is 2.75. The van der Waals surface area contributed by atoms with E-state index in [2.05, 4.69) is 5.32 Å². The summed E-state index contributed by atoms with van der Waals surface area (Å²) in [4.78, 5) is 12.7. The van der Waals surface area contributed by atoms with Gasteiger partial charge in [0.25, 0.3) is 0 Å². The van der Waals surface area contributed by atoms with Gasteiger partial charge >= 0.3 is 5.97 Å². The molecule has 19 heavy (non-hydrogen) atoms. The van der Waals surface area contributed by atoms with Gasteiger partial charge in [0.2, 0.25) is 0 Å². The van der Waals surface area contributed by atoms with Gasteiger partial charge in [0.05, 0.1) is 7.11 Å². The van der Waals surface area contributed by atoms with Crippen LogP contribution in [-0.4, -0.2) is 30.4 Å². The second-order valence-electron chi connectivity index (χ2n) is 4.87. The van der Waals surface area contributed by atoms with Gasteiger partial charge in [-0.25, -0.2) is 4.39 Å². The highest BCUT2D eigenvalue weighted by atomic mass is 32.2. The van der Waals surface area contributed by atoms with Gasteiger partial charge in [-0.3, -0.25) is 10.1 Å². The lowest BCUT2D eigenvalue weighted by Gasteiger charge is -2.29. The van der Waals surface area contributed by atoms with Gasteiger partial charge < -0.3 is 4.74 Å². The molecule has 5 heteroatoms. The van der Waals surface area contributed by atoms with Gasteiger partial charge in [0, 0.05) is 16.7 Å². The smallest absolute Gasteiger partial charge is 0.326 e. The van der Waals surface area contributed by atoms with E-state index in [1.807, 2.05) is 19.9 Å². The number of thioether (sulfide) groups is 1. The number of carbonyl (C=O) groups is 1. The monoisotopic (exact) mass is 285 g/mol. The Bertz CT molecular complexity index is 439. The van der Waals surface area contributed by atoms with Crippen molar-refractivity contribution in [3.63, 3.8) is 0 Å². The summed E-state index contributed by atoms with van der Waals surface area (Å²) in [6.45, 7) is 5.73. The lowest BCUT2D eigenvalue weighted by molar-refractivity contribution is -0.147. The number of esters is 1. The maximum atomic E-state index is 13.1. The quantitative estimate of drug-likeness (QED) is 0.644. The van der Waals surface area contributed by atoms with Crippen LogP contribution in [0.25, 0.3) is 0 Å². The second-order valence-corrected chi connectivity index (χ2v) is 5.92. The Morgan fingerprint density at radius 1 is 1.53 bits per heavy atom. The Kier molecular flexibility index (Phi) is 5.82. The van der Waals surface area contributed by atoms with Crippen LogP contribution in [-0.2, 0) is 9.53 Å². The van der Waals surface area contributed by atoms with Crippen molar-refractivity contribution in [2.75, 3.05) is 12.9 Å². The van der Waals surface area contributed by atoms with Crippen molar-refractivity contribution < 1.29 is 13.9 Å². The molecule has 1 rings (SSSR count). The topological polar surface area (TPSA) is 38.3 Å². The number of hydrogen-bond donors (Lipinski definition) is 1. The first kappa shape index (κ1) is 16.0. The third-order valence-corrected chi connectivity index (χ3v) is 3.88. The highest BCUT2D eigenvalue weighted by Gasteiger charge is 2.34. The Morgan fingerprint density at radius 2 is 2.21 bits per heavy atom. The number of methoxy groups -OCH3 is 1. The summed E-state index contributed by atoms with van der Waals surface area (Å²) in [5, 5.41) is 3.20. The molecule has 0 radical (unpaired) electrons. The number of rotatable bonds is 6. The van der Waals surface area contributed by atoms with Crippen LogP contribution in [0.3, 0.4) is 0 Å². The summed E-state index contributed by atoms with van der Waals surface area (Å²) in [5.41, 5.74) is -0.792. The normalized spacial score (nSPS) is 14.2. The molecule has 0 aromatic heterocycles. The molecule has 1 unspecified atom stereocenters. The maximum absolute atomic E-state index is 13.1. The fourth-order valence-electron chi connectivity index (χ4n) is 1.81. The van der Waals surface area contributed by atoms with E-state index >= 15 is 0 Å². The van der Waals surface area contributed by atoms with E-state index in [0.29, 0.717) is 5.75 Å². The van der Waals surface area contributed by atoms with Crippen LogP contribution in [0.4, 0.5) is 4.39 Å². The molecule has 106 valence electrons. The predicted molar refractivity (Wildman–Crippen MR) is 75.8 cm³/mol. The van der Waals surface area contributed by atoms with Gasteiger partial charge in [-0.15, -0.1) is 11.8 Å². The molecule has 0 aliphatic heterocycles. The summed E-state index contributed by atoms with van der Waals surface area (Å²) < 4.78 is 17.9. The molecule has 0 heterocycles. The van der Waals surface area contributed by atoms with Crippen LogP contribution in [0.2, 0.25) is 0 Å². The number of halogens is 1. The van der Waals surface area contributed by atoms with Crippen LogP contribution in [0.5, 0.6) is 0 Å². The standard InChI is InChI=1S/C14H20FNO2S/c1-10(2)16-14(3,13(17)18-4)9-19-12-7-5-6-11(15)8-12/h5-8,10,16H,9H2,1-4H3. The number of nitrogens with one attached hydrogen (secondary N) is 1. The summed E-state index contributed by atoms with van der Waals surface area (Å²) >= 11 is 1.42. The lowest BCUT2D eigenvalue weighted by Crippen LogP contribution is -2.54. The van der Waals surface area contributed by atoms with Crippen molar-refractivity contribution >= 4 is 17.7 Å². The first-order chi connectivity index (χ1) is 8.87. The number of carbonyl (C=O) groups excluding carboxylic acids is 1. The summed E-state index contributed by atoms with van der Waals surface area (Å²) in [7, 11) is 1.37. The minimum atomic E-state index is -0.792. The van der Waals surface area contributed by atoms with E-state index in [1.54, 1.807) is 13.0 Å². The maximum Gasteiger partial charge on any atom is 0.326 e. The van der Waals surface area contributed by atoms with E-state index in [0.717, 1.165) is 4.90 Å². The molecule has 0 saturated heterocycles. The van der Waals surface area contributed by atoms with E-state index in [9.17, 15) is 9.18 Å². The van der Waals surface area contributed by atoms with Crippen molar-refractivity contribution in [1.29, 1.82) is 0 Å². The average Bonchev–Trinajstić information content (AvgIpc) is 2.34. The molecule has 1 aromatic carbocycles. The highest BCUT2D eigenvalue weighted by Crippen LogP contribution is 2.24. The van der Waals surface area contributed by atoms with Crippen molar-refractivity contribution in [1.82, 2.24) is 5.32 Å². The first-order valence-electron chi connectivity index (χ1n) is 6.12. The zero-order chi connectivity index (χ0) is 14.5. The fourth-order valence-corrected chi connectivity index (χ4v) is 2.83. The van der Waals surface area contributed by atoms with Crippen LogP contribution in [0.15, 0.2) is 29.2 Å². The average molecular weight is 285 g/mol. The Labute approximate surface area is 117 Å². The molecule has 0 aliphatic carbocycles. The summed E-state index contributed by atoms with van der Waals surface area (Å²) in [6.07, 6.45) is 0. The third-order valence-electron chi connectivity index (χ3n) is 2.57. The zero-order valence-corrected chi connectivity index (χ0v) is 12.5.